The van der Waals surface area contributed by atoms with Crippen LogP contribution in [-0.4, -0.2) is 70.0 Å². The van der Waals surface area contributed by atoms with E-state index in [0.29, 0.717) is 31.5 Å². The van der Waals surface area contributed by atoms with Crippen molar-refractivity contribution >= 4 is 23.7 Å². The number of carboxylic acid groups (broad SMARTS) is 1. The Morgan fingerprint density at radius 2 is 1.74 bits per heavy atom. The number of imidazole rings is 1. The number of carbonyl (C=O) groups excluding carboxylic acids is 3. The van der Waals surface area contributed by atoms with Crippen molar-refractivity contribution in [1.29, 1.82) is 0 Å². The molecule has 1 aromatic heterocycles. The maximum Gasteiger partial charge on any atom is 0.326 e. The third-order valence-electron chi connectivity index (χ3n) is 5.25. The van der Waals surface area contributed by atoms with Crippen LogP contribution in [0.4, 0.5) is 0 Å². The number of hydrogen-bond acceptors (Lipinski definition) is 7. The maximum absolute atomic E-state index is 12.8. The van der Waals surface area contributed by atoms with Gasteiger partial charge in [-0.05, 0) is 37.8 Å². The molecule has 9 N–H and O–H groups in total. The topological polar surface area (TPSA) is 205 Å². The number of H-pyrrole nitrogens is 1. The fraction of sp³-hybridized carbons (Fsp3) is 0.435. The largest absolute Gasteiger partial charge is 0.480 e. The lowest BCUT2D eigenvalue weighted by atomic mass is 10.1. The second kappa shape index (κ2) is 14.5. The molecule has 35 heavy (non-hydrogen) atoms. The number of nitrogens with two attached hydrogens (primary N) is 2. The Balaban J connectivity index is 1.91. The summed E-state index contributed by atoms with van der Waals surface area (Å²) in [6, 6.07) is 6.19. The molecule has 2 rings (SSSR count). The van der Waals surface area contributed by atoms with E-state index in [1.54, 1.807) is 0 Å². The van der Waals surface area contributed by atoms with Crippen LogP contribution in [0.1, 0.15) is 30.5 Å². The Morgan fingerprint density at radius 3 is 2.37 bits per heavy atom. The Labute approximate surface area is 203 Å². The normalized spacial score (nSPS) is 13.3. The van der Waals surface area contributed by atoms with Gasteiger partial charge in [0.1, 0.15) is 12.1 Å². The first-order chi connectivity index (χ1) is 16.8. The first-order valence-electron chi connectivity index (χ1n) is 11.4. The van der Waals surface area contributed by atoms with Crippen LogP contribution in [0.5, 0.6) is 0 Å². The van der Waals surface area contributed by atoms with Gasteiger partial charge in [-0.15, -0.1) is 0 Å². The molecule has 0 aliphatic rings. The number of hydrogen-bond donors (Lipinski definition) is 7. The molecule has 1 aromatic carbocycles. The van der Waals surface area contributed by atoms with E-state index in [1.807, 2.05) is 30.3 Å². The van der Waals surface area contributed by atoms with Gasteiger partial charge in [0.25, 0.3) is 0 Å². The molecule has 0 aliphatic carbocycles. The standard InChI is InChI=1S/C23H33N7O5/c24-9-5-4-8-18(22(33)30-19(23(34)35)11-16-12-26-14-28-16)29-20(31)13-27-21(32)17(25)10-15-6-2-1-3-7-15/h1-3,6-7,12,14,17-19H,4-5,8-11,13,24-25H2,(H,26,28)(H,27,32)(H,29,31)(H,30,33)(H,34,35). The van der Waals surface area contributed by atoms with Gasteiger partial charge < -0.3 is 37.5 Å². The minimum absolute atomic E-state index is 0.0000993. The third kappa shape index (κ3) is 9.94. The summed E-state index contributed by atoms with van der Waals surface area (Å²) < 4.78 is 0. The van der Waals surface area contributed by atoms with E-state index < -0.39 is 41.8 Å². The van der Waals surface area contributed by atoms with Crippen molar-refractivity contribution in [3.8, 4) is 0 Å². The summed E-state index contributed by atoms with van der Waals surface area (Å²) in [5.74, 6) is -2.97. The predicted octanol–water partition coefficient (Wildman–Crippen LogP) is -1.18. The Morgan fingerprint density at radius 1 is 1.00 bits per heavy atom. The molecule has 0 saturated carbocycles. The zero-order valence-corrected chi connectivity index (χ0v) is 19.4. The second-order valence-corrected chi connectivity index (χ2v) is 8.10. The Bertz CT molecular complexity index is 952. The molecule has 1 heterocycles. The molecule has 3 atom stereocenters. The van der Waals surface area contributed by atoms with E-state index in [4.69, 9.17) is 11.5 Å². The molecule has 2 aromatic rings. The number of carboxylic acids is 1. The fourth-order valence-corrected chi connectivity index (χ4v) is 3.35. The van der Waals surface area contributed by atoms with Crippen LogP contribution in [0.3, 0.4) is 0 Å². The molecule has 0 spiro atoms. The third-order valence-corrected chi connectivity index (χ3v) is 5.25. The van der Waals surface area contributed by atoms with Crippen molar-refractivity contribution in [3.63, 3.8) is 0 Å². The number of nitrogens with zero attached hydrogens (tertiary/aromatic N) is 1. The Kier molecular flexibility index (Phi) is 11.4. The minimum Gasteiger partial charge on any atom is -0.480 e. The molecular weight excluding hydrogens is 454 g/mol. The van der Waals surface area contributed by atoms with Crippen LogP contribution in [0.15, 0.2) is 42.9 Å². The van der Waals surface area contributed by atoms with Gasteiger partial charge in [-0.25, -0.2) is 9.78 Å². The van der Waals surface area contributed by atoms with E-state index in [9.17, 15) is 24.3 Å². The van der Waals surface area contributed by atoms with Gasteiger partial charge >= 0.3 is 5.97 Å². The summed E-state index contributed by atoms with van der Waals surface area (Å²) >= 11 is 0. The smallest absolute Gasteiger partial charge is 0.326 e. The summed E-state index contributed by atoms with van der Waals surface area (Å²) in [5.41, 5.74) is 12.9. The molecule has 3 unspecified atom stereocenters. The number of unbranched alkanes of at least 4 members (excludes halogenated alkanes) is 1. The van der Waals surface area contributed by atoms with Crippen LogP contribution in [0.2, 0.25) is 0 Å². The van der Waals surface area contributed by atoms with E-state index in [0.717, 1.165) is 5.56 Å². The van der Waals surface area contributed by atoms with Crippen molar-refractivity contribution in [3.05, 3.63) is 54.1 Å². The van der Waals surface area contributed by atoms with Gasteiger partial charge in [0.05, 0.1) is 18.9 Å². The zero-order chi connectivity index (χ0) is 25.6. The number of benzene rings is 1. The number of aromatic nitrogens is 2. The SMILES string of the molecule is NCCCCC(NC(=O)CNC(=O)C(N)Cc1ccccc1)C(=O)NC(Cc1cnc[nH]1)C(=O)O. The molecule has 0 fully saturated rings. The molecule has 12 nitrogen and oxygen atoms in total. The first kappa shape index (κ1) is 27.5. The van der Waals surface area contributed by atoms with Crippen molar-refractivity contribution in [1.82, 2.24) is 25.9 Å². The quantitative estimate of drug-likeness (QED) is 0.152. The predicted molar refractivity (Wildman–Crippen MR) is 128 cm³/mol. The van der Waals surface area contributed by atoms with Gasteiger partial charge in [0.15, 0.2) is 0 Å². The molecule has 0 saturated heterocycles. The van der Waals surface area contributed by atoms with Crippen molar-refractivity contribution in [2.24, 2.45) is 11.5 Å². The highest BCUT2D eigenvalue weighted by Crippen LogP contribution is 2.05. The summed E-state index contributed by atoms with van der Waals surface area (Å²) in [6.45, 7) is 0.0354. The number of aromatic amines is 1. The lowest BCUT2D eigenvalue weighted by Crippen LogP contribution is -2.54. The van der Waals surface area contributed by atoms with Crippen LogP contribution >= 0.6 is 0 Å². The molecular formula is C23H33N7O5. The van der Waals surface area contributed by atoms with Crippen molar-refractivity contribution < 1.29 is 24.3 Å². The molecule has 3 amide bonds. The number of nitrogens with one attached hydrogen (secondary N) is 4. The Hall–Kier alpha value is -3.77. The van der Waals surface area contributed by atoms with E-state index in [-0.39, 0.29) is 19.4 Å². The summed E-state index contributed by atoms with van der Waals surface area (Å²) in [5, 5.41) is 17.0. The van der Waals surface area contributed by atoms with Crippen molar-refractivity contribution in [2.45, 2.75) is 50.2 Å². The van der Waals surface area contributed by atoms with Gasteiger partial charge in [0.2, 0.25) is 17.7 Å². The second-order valence-electron chi connectivity index (χ2n) is 8.10. The average Bonchev–Trinajstić information content (AvgIpc) is 3.35. The van der Waals surface area contributed by atoms with Crippen LogP contribution < -0.4 is 27.4 Å². The van der Waals surface area contributed by atoms with Gasteiger partial charge in [-0.2, -0.15) is 0 Å². The summed E-state index contributed by atoms with van der Waals surface area (Å²) in [6.07, 6.45) is 4.61. The van der Waals surface area contributed by atoms with Gasteiger partial charge in [0, 0.05) is 18.3 Å². The van der Waals surface area contributed by atoms with Crippen LogP contribution in [0, 0.1) is 0 Å². The first-order valence-corrected chi connectivity index (χ1v) is 11.4. The average molecular weight is 488 g/mol. The molecule has 190 valence electrons. The van der Waals surface area contributed by atoms with E-state index in [1.165, 1.54) is 12.5 Å². The monoisotopic (exact) mass is 487 g/mol. The van der Waals surface area contributed by atoms with E-state index in [2.05, 4.69) is 25.9 Å². The van der Waals surface area contributed by atoms with Gasteiger partial charge in [-0.1, -0.05) is 30.3 Å². The maximum atomic E-state index is 12.8. The van der Waals surface area contributed by atoms with E-state index >= 15 is 0 Å². The highest BCUT2D eigenvalue weighted by molar-refractivity contribution is 5.92. The van der Waals surface area contributed by atoms with Crippen LogP contribution in [-0.2, 0) is 32.0 Å². The highest BCUT2D eigenvalue weighted by Gasteiger charge is 2.27. The lowest BCUT2D eigenvalue weighted by molar-refractivity contribution is -0.142. The number of amides is 3. The molecule has 0 bridgehead atoms. The minimum atomic E-state index is -1.22. The highest BCUT2D eigenvalue weighted by atomic mass is 16.4. The number of carbonyl (C=O) groups is 4. The summed E-state index contributed by atoms with van der Waals surface area (Å²) in [4.78, 5) is 55.8. The number of rotatable bonds is 15. The van der Waals surface area contributed by atoms with Crippen molar-refractivity contribution in [2.75, 3.05) is 13.1 Å². The van der Waals surface area contributed by atoms with Crippen LogP contribution in [0.25, 0.3) is 0 Å². The molecule has 12 heteroatoms. The number of aliphatic carboxylic acids is 1. The molecule has 0 aliphatic heterocycles. The zero-order valence-electron chi connectivity index (χ0n) is 19.4. The molecule has 0 radical (unpaired) electrons. The van der Waals surface area contributed by atoms with Gasteiger partial charge in [-0.3, -0.25) is 14.4 Å². The lowest BCUT2D eigenvalue weighted by Gasteiger charge is -2.21. The summed E-state index contributed by atoms with van der Waals surface area (Å²) in [7, 11) is 0. The fourth-order valence-electron chi connectivity index (χ4n) is 3.35.